The molecule has 0 aromatic heterocycles. The number of piperidine rings is 1. The van der Waals surface area contributed by atoms with E-state index in [2.05, 4.69) is 5.32 Å². The van der Waals surface area contributed by atoms with Crippen LogP contribution in [-0.2, 0) is 9.59 Å². The van der Waals surface area contributed by atoms with Crippen LogP contribution < -0.4 is 11.1 Å². The summed E-state index contributed by atoms with van der Waals surface area (Å²) in [4.78, 5) is 34.8. The second-order valence-electron chi connectivity index (χ2n) is 4.59. The Bertz CT molecular complexity index is 337. The first kappa shape index (κ1) is 14.3. The maximum absolute atomic E-state index is 11.7. The minimum absolute atomic E-state index is 0.101. The van der Waals surface area contributed by atoms with E-state index in [9.17, 15) is 14.4 Å². The Kier molecular flexibility index (Phi) is 4.94. The maximum atomic E-state index is 11.7. The molecule has 0 aliphatic carbocycles. The zero-order valence-corrected chi connectivity index (χ0v) is 10.4. The van der Waals surface area contributed by atoms with Gasteiger partial charge in [0.05, 0.1) is 5.92 Å². The molecule has 1 fully saturated rings. The zero-order chi connectivity index (χ0) is 13.7. The molecule has 0 aromatic carbocycles. The van der Waals surface area contributed by atoms with Crippen LogP contribution in [-0.4, -0.2) is 47.5 Å². The lowest BCUT2D eigenvalue weighted by molar-refractivity contribution is -0.140. The predicted molar refractivity (Wildman–Crippen MR) is 63.7 cm³/mol. The molecule has 4 N–H and O–H groups in total. The molecule has 7 nitrogen and oxygen atoms in total. The molecule has 1 heterocycles. The van der Waals surface area contributed by atoms with Gasteiger partial charge in [-0.15, -0.1) is 0 Å². The number of carbonyl (C=O) groups excluding carboxylic acids is 2. The number of rotatable bonds is 4. The lowest BCUT2D eigenvalue weighted by atomic mass is 9.96. The fourth-order valence-corrected chi connectivity index (χ4v) is 1.81. The molecular formula is C11H19N3O4. The average molecular weight is 257 g/mol. The standard InChI is InChI=1S/C11H19N3O4/c1-7(10(16)17)6-13-11(18)14-4-2-8(3-5-14)9(12)15/h7-8H,2-6H2,1H3,(H2,12,15)(H,13,18)(H,16,17). The number of nitrogens with one attached hydrogen (secondary N) is 1. The van der Waals surface area contributed by atoms with Gasteiger partial charge in [0.1, 0.15) is 0 Å². The highest BCUT2D eigenvalue weighted by Gasteiger charge is 2.26. The molecule has 1 rings (SSSR count). The molecule has 0 radical (unpaired) electrons. The molecule has 0 saturated carbocycles. The molecule has 1 unspecified atom stereocenters. The van der Waals surface area contributed by atoms with E-state index in [1.807, 2.05) is 0 Å². The van der Waals surface area contributed by atoms with Gasteiger partial charge in [0.15, 0.2) is 0 Å². The van der Waals surface area contributed by atoms with Crippen molar-refractivity contribution in [3.63, 3.8) is 0 Å². The summed E-state index contributed by atoms with van der Waals surface area (Å²) in [5, 5.41) is 11.3. The van der Waals surface area contributed by atoms with E-state index in [4.69, 9.17) is 10.8 Å². The third-order valence-electron chi connectivity index (χ3n) is 3.17. The van der Waals surface area contributed by atoms with Gasteiger partial charge >= 0.3 is 12.0 Å². The number of carbonyl (C=O) groups is 3. The summed E-state index contributed by atoms with van der Waals surface area (Å²) < 4.78 is 0. The molecule has 102 valence electrons. The van der Waals surface area contributed by atoms with E-state index in [1.165, 1.54) is 6.92 Å². The summed E-state index contributed by atoms with van der Waals surface area (Å²) in [5.74, 6) is -2.04. The Morgan fingerprint density at radius 2 is 1.94 bits per heavy atom. The molecule has 1 atom stereocenters. The van der Waals surface area contributed by atoms with Gasteiger partial charge in [-0.05, 0) is 12.8 Å². The van der Waals surface area contributed by atoms with Crippen LogP contribution in [0.5, 0.6) is 0 Å². The normalized spacial score (nSPS) is 18.2. The van der Waals surface area contributed by atoms with Gasteiger partial charge in [-0.25, -0.2) is 4.79 Å². The topological polar surface area (TPSA) is 113 Å². The van der Waals surface area contributed by atoms with Crippen LogP contribution in [0, 0.1) is 11.8 Å². The lowest BCUT2D eigenvalue weighted by Crippen LogP contribution is -2.47. The van der Waals surface area contributed by atoms with Gasteiger partial charge in [0.25, 0.3) is 0 Å². The second kappa shape index (κ2) is 6.23. The van der Waals surface area contributed by atoms with Crippen molar-refractivity contribution in [2.45, 2.75) is 19.8 Å². The van der Waals surface area contributed by atoms with Crippen LogP contribution >= 0.6 is 0 Å². The summed E-state index contributed by atoms with van der Waals surface area (Å²) in [5.41, 5.74) is 5.20. The highest BCUT2D eigenvalue weighted by Crippen LogP contribution is 2.16. The molecule has 0 bridgehead atoms. The Morgan fingerprint density at radius 1 is 1.39 bits per heavy atom. The van der Waals surface area contributed by atoms with Gasteiger partial charge in [-0.2, -0.15) is 0 Å². The van der Waals surface area contributed by atoms with Crippen LogP contribution in [0.25, 0.3) is 0 Å². The third kappa shape index (κ3) is 3.90. The fraction of sp³-hybridized carbons (Fsp3) is 0.727. The number of nitrogens with zero attached hydrogens (tertiary/aromatic N) is 1. The molecule has 3 amide bonds. The van der Waals surface area contributed by atoms with Crippen molar-refractivity contribution in [2.75, 3.05) is 19.6 Å². The third-order valence-corrected chi connectivity index (χ3v) is 3.17. The number of amides is 3. The van der Waals surface area contributed by atoms with Crippen LogP contribution in [0.2, 0.25) is 0 Å². The van der Waals surface area contributed by atoms with Gasteiger partial charge in [-0.3, -0.25) is 9.59 Å². The Labute approximate surface area is 105 Å². The SMILES string of the molecule is CC(CNC(=O)N1CCC(C(N)=O)CC1)C(=O)O. The van der Waals surface area contributed by atoms with E-state index in [0.717, 1.165) is 0 Å². The van der Waals surface area contributed by atoms with Gasteiger partial charge in [0, 0.05) is 25.6 Å². The first-order chi connectivity index (χ1) is 8.41. The van der Waals surface area contributed by atoms with E-state index in [-0.39, 0.29) is 24.4 Å². The first-order valence-corrected chi connectivity index (χ1v) is 5.96. The summed E-state index contributed by atoms with van der Waals surface area (Å²) in [7, 11) is 0. The van der Waals surface area contributed by atoms with E-state index in [1.54, 1.807) is 4.90 Å². The van der Waals surface area contributed by atoms with Crippen molar-refractivity contribution < 1.29 is 19.5 Å². The van der Waals surface area contributed by atoms with Gasteiger partial charge in [0.2, 0.25) is 5.91 Å². The van der Waals surface area contributed by atoms with Crippen molar-refractivity contribution in [1.29, 1.82) is 0 Å². The summed E-state index contributed by atoms with van der Waals surface area (Å²) >= 11 is 0. The van der Waals surface area contributed by atoms with Gasteiger partial charge in [-0.1, -0.05) is 6.92 Å². The van der Waals surface area contributed by atoms with Crippen molar-refractivity contribution in [1.82, 2.24) is 10.2 Å². The molecular weight excluding hydrogens is 238 g/mol. The summed E-state index contributed by atoms with van der Waals surface area (Å²) in [6, 6.07) is -0.286. The first-order valence-electron chi connectivity index (χ1n) is 5.96. The van der Waals surface area contributed by atoms with Crippen molar-refractivity contribution in [2.24, 2.45) is 17.6 Å². The van der Waals surface area contributed by atoms with Gasteiger partial charge < -0.3 is 21.1 Å². The predicted octanol–water partition coefficient (Wildman–Crippen LogP) is -0.386. The highest BCUT2D eigenvalue weighted by atomic mass is 16.4. The number of carboxylic acid groups (broad SMARTS) is 1. The molecule has 7 heteroatoms. The Morgan fingerprint density at radius 3 is 2.39 bits per heavy atom. The largest absolute Gasteiger partial charge is 0.481 e. The summed E-state index contributed by atoms with van der Waals surface area (Å²) in [6.07, 6.45) is 1.13. The highest BCUT2D eigenvalue weighted by molar-refractivity contribution is 5.78. The number of carboxylic acids is 1. The molecule has 1 saturated heterocycles. The van der Waals surface area contributed by atoms with E-state index >= 15 is 0 Å². The molecule has 1 aliphatic heterocycles. The number of primary amides is 1. The minimum Gasteiger partial charge on any atom is -0.481 e. The van der Waals surface area contributed by atoms with Crippen molar-refractivity contribution in [3.8, 4) is 0 Å². The molecule has 18 heavy (non-hydrogen) atoms. The smallest absolute Gasteiger partial charge is 0.317 e. The quantitative estimate of drug-likeness (QED) is 0.636. The second-order valence-corrected chi connectivity index (χ2v) is 4.59. The van der Waals surface area contributed by atoms with Crippen LogP contribution in [0.4, 0.5) is 4.79 Å². The fourth-order valence-electron chi connectivity index (χ4n) is 1.81. The van der Waals surface area contributed by atoms with Crippen molar-refractivity contribution in [3.05, 3.63) is 0 Å². The molecule has 0 spiro atoms. The van der Waals surface area contributed by atoms with Crippen LogP contribution in [0.1, 0.15) is 19.8 Å². The number of nitrogens with two attached hydrogens (primary N) is 1. The number of hydrogen-bond acceptors (Lipinski definition) is 3. The molecule has 1 aliphatic rings. The average Bonchev–Trinajstić information content (AvgIpc) is 2.35. The number of hydrogen-bond donors (Lipinski definition) is 3. The van der Waals surface area contributed by atoms with E-state index < -0.39 is 11.9 Å². The maximum Gasteiger partial charge on any atom is 0.317 e. The monoisotopic (exact) mass is 257 g/mol. The lowest BCUT2D eigenvalue weighted by Gasteiger charge is -2.30. The van der Waals surface area contributed by atoms with E-state index in [0.29, 0.717) is 25.9 Å². The zero-order valence-electron chi connectivity index (χ0n) is 10.4. The van der Waals surface area contributed by atoms with Crippen molar-refractivity contribution >= 4 is 17.9 Å². The number of aliphatic carboxylic acids is 1. The van der Waals surface area contributed by atoms with Crippen LogP contribution in [0.15, 0.2) is 0 Å². The Hall–Kier alpha value is -1.79. The minimum atomic E-state index is -0.942. The van der Waals surface area contributed by atoms with Crippen LogP contribution in [0.3, 0.4) is 0 Å². The number of urea groups is 1. The summed E-state index contributed by atoms with van der Waals surface area (Å²) in [6.45, 7) is 2.58. The number of likely N-dealkylation sites (tertiary alicyclic amines) is 1. The Balaban J connectivity index is 2.32. The molecule has 0 aromatic rings.